The molecule has 3 atom stereocenters. The van der Waals surface area contributed by atoms with Crippen LogP contribution in [0.5, 0.6) is 11.5 Å². The first-order valence-corrected chi connectivity index (χ1v) is 24.2. The normalized spacial score (nSPS) is 16.0. The number of anilines is 2. The van der Waals surface area contributed by atoms with Crippen molar-refractivity contribution in [3.63, 3.8) is 0 Å². The lowest BCUT2D eigenvalue weighted by molar-refractivity contribution is -0.274. The molecule has 3 aromatic carbocycles. The van der Waals surface area contributed by atoms with Crippen molar-refractivity contribution in [2.24, 2.45) is 5.92 Å². The molecule has 1 aliphatic heterocycles. The van der Waals surface area contributed by atoms with Crippen molar-refractivity contribution in [3.8, 4) is 22.8 Å². The third-order valence-electron chi connectivity index (χ3n) is 12.1. The van der Waals surface area contributed by atoms with Gasteiger partial charge in [-0.2, -0.15) is 0 Å². The van der Waals surface area contributed by atoms with Crippen LogP contribution in [-0.4, -0.2) is 115 Å². The van der Waals surface area contributed by atoms with E-state index >= 15 is 0 Å². The molecule has 1 saturated carbocycles. The molecule has 2 aromatic heterocycles. The highest BCUT2D eigenvalue weighted by Gasteiger charge is 2.40. The van der Waals surface area contributed by atoms with Crippen LogP contribution < -0.4 is 30.7 Å². The molecule has 16 nitrogen and oxygen atoms in total. The molecule has 2 aliphatic rings. The maximum Gasteiger partial charge on any atom is 0.573 e. The Morgan fingerprint density at radius 2 is 1.56 bits per heavy atom. The molecule has 372 valence electrons. The predicted molar refractivity (Wildman–Crippen MR) is 256 cm³/mol. The van der Waals surface area contributed by atoms with Crippen molar-refractivity contribution in [3.05, 3.63) is 112 Å². The number of hydrogen-bond acceptors (Lipinski definition) is 14. The number of carbonyl (C=O) groups is 4. The average Bonchev–Trinajstić information content (AvgIpc) is 4.07. The molecule has 20 heteroatoms. The molecule has 5 aromatic rings. The highest BCUT2D eigenvalue weighted by Crippen LogP contribution is 2.37. The number of likely N-dealkylation sites (N-methyl/N-ethyl adjacent to an activating group) is 1. The molecule has 1 saturated heterocycles. The first kappa shape index (κ1) is 51.4. The molecule has 0 radical (unpaired) electrons. The lowest BCUT2D eigenvalue weighted by Crippen LogP contribution is -2.55. The SMILES string of the molecule is CNC(C)C(=O)NC(C(=O)N1CCCC1c1nc(C(=O)c2ccc(OCCOCCOCCNC(=O)c3cccc(-c4cc(Nc5ccc(OC(F)(F)F)cc5)ncn4)c3)cc2)cs1)C1CCCCC1. The van der Waals surface area contributed by atoms with E-state index in [0.717, 1.165) is 44.9 Å². The second kappa shape index (κ2) is 24.9. The Morgan fingerprint density at radius 3 is 2.30 bits per heavy atom. The summed E-state index contributed by atoms with van der Waals surface area (Å²) in [5.74, 6) is -0.0741. The van der Waals surface area contributed by atoms with Gasteiger partial charge in [-0.25, -0.2) is 15.0 Å². The maximum absolute atomic E-state index is 14.1. The molecule has 7 rings (SSSR count). The van der Waals surface area contributed by atoms with Gasteiger partial charge in [0.1, 0.15) is 47.0 Å². The fourth-order valence-corrected chi connectivity index (χ4v) is 9.24. The number of thiazole rings is 1. The molecule has 1 aliphatic carbocycles. The highest BCUT2D eigenvalue weighted by atomic mass is 32.1. The van der Waals surface area contributed by atoms with E-state index in [0.29, 0.717) is 76.7 Å². The standard InChI is InChI=1S/C50H57F3N8O8S/c1-32(54-2)46(63)60-44(33-8-4-3-5-9-33)49(65)61-22-7-12-42(61)48-59-41(30-70-48)45(62)34-13-17-38(18-14-34)68-27-26-67-25-24-66-23-21-55-47(64)36-11-6-10-35(28-36)40-29-43(57-31-56-40)58-37-15-19-39(20-16-37)69-50(51,52)53/h6,10-11,13-20,28-33,42,44,54H,3-5,7-9,12,21-27H2,1-2H3,(H,55,64)(H,60,63)(H,56,57,58). The van der Waals surface area contributed by atoms with Crippen LogP contribution in [0.15, 0.2) is 90.6 Å². The third kappa shape index (κ3) is 14.5. The van der Waals surface area contributed by atoms with E-state index in [9.17, 15) is 32.3 Å². The topological polar surface area (TPSA) is 195 Å². The number of hydrogen-bond donors (Lipinski definition) is 4. The fraction of sp³-hybridized carbons (Fsp3) is 0.420. The van der Waals surface area contributed by atoms with E-state index in [1.54, 1.807) is 73.9 Å². The minimum Gasteiger partial charge on any atom is -0.491 e. The molecule has 70 heavy (non-hydrogen) atoms. The van der Waals surface area contributed by atoms with Gasteiger partial charge in [0.2, 0.25) is 17.6 Å². The number of carbonyl (C=O) groups excluding carboxylic acids is 4. The molecule has 0 spiro atoms. The van der Waals surface area contributed by atoms with Gasteiger partial charge < -0.3 is 45.1 Å². The van der Waals surface area contributed by atoms with E-state index in [2.05, 4.69) is 36.0 Å². The zero-order chi connectivity index (χ0) is 49.5. The van der Waals surface area contributed by atoms with Crippen LogP contribution >= 0.6 is 11.3 Å². The molecule has 3 heterocycles. The number of nitrogens with one attached hydrogen (secondary N) is 4. The van der Waals surface area contributed by atoms with E-state index < -0.39 is 18.4 Å². The summed E-state index contributed by atoms with van der Waals surface area (Å²) in [7, 11) is 1.72. The predicted octanol–water partition coefficient (Wildman–Crippen LogP) is 7.65. The number of rotatable bonds is 23. The molecule has 3 amide bonds. The molecule has 2 fully saturated rings. The average molecular weight is 987 g/mol. The van der Waals surface area contributed by atoms with Crippen molar-refractivity contribution in [2.45, 2.75) is 76.4 Å². The van der Waals surface area contributed by atoms with Crippen molar-refractivity contribution >= 4 is 46.3 Å². The van der Waals surface area contributed by atoms with E-state index in [1.165, 1.54) is 41.9 Å². The van der Waals surface area contributed by atoms with Crippen molar-refractivity contribution < 1.29 is 51.3 Å². The summed E-state index contributed by atoms with van der Waals surface area (Å²) in [6, 6.07) is 19.3. The quantitative estimate of drug-likeness (QED) is 0.0369. The first-order chi connectivity index (χ1) is 33.8. The summed E-state index contributed by atoms with van der Waals surface area (Å²) >= 11 is 1.38. The summed E-state index contributed by atoms with van der Waals surface area (Å²) in [4.78, 5) is 68.5. The number of likely N-dealkylation sites (tertiary alicyclic amines) is 1. The molecule has 0 bridgehead atoms. The number of amides is 3. The van der Waals surface area contributed by atoms with Gasteiger partial charge in [-0.1, -0.05) is 31.4 Å². The maximum atomic E-state index is 14.1. The van der Waals surface area contributed by atoms with Gasteiger partial charge in [0.15, 0.2) is 0 Å². The van der Waals surface area contributed by atoms with Gasteiger partial charge in [-0.3, -0.25) is 19.2 Å². The van der Waals surface area contributed by atoms with Crippen molar-refractivity contribution in [1.29, 1.82) is 0 Å². The number of halogens is 3. The molecule has 3 unspecified atom stereocenters. The van der Waals surface area contributed by atoms with Crippen LogP contribution in [0.25, 0.3) is 11.3 Å². The fourth-order valence-electron chi connectivity index (χ4n) is 8.29. The van der Waals surface area contributed by atoms with Crippen LogP contribution in [0.3, 0.4) is 0 Å². The van der Waals surface area contributed by atoms with Crippen LogP contribution in [0, 0.1) is 5.92 Å². The third-order valence-corrected chi connectivity index (χ3v) is 13.0. The first-order valence-electron chi connectivity index (χ1n) is 23.4. The van der Waals surface area contributed by atoms with E-state index in [-0.39, 0.29) is 61.0 Å². The van der Waals surface area contributed by atoms with Gasteiger partial charge in [0, 0.05) is 46.9 Å². The van der Waals surface area contributed by atoms with E-state index in [4.69, 9.17) is 19.2 Å². The van der Waals surface area contributed by atoms with Crippen LogP contribution in [0.4, 0.5) is 24.7 Å². The Labute approximate surface area is 408 Å². The highest BCUT2D eigenvalue weighted by molar-refractivity contribution is 7.10. The van der Waals surface area contributed by atoms with Gasteiger partial charge in [0.25, 0.3) is 5.91 Å². The van der Waals surface area contributed by atoms with Crippen LogP contribution in [0.2, 0.25) is 0 Å². The summed E-state index contributed by atoms with van der Waals surface area (Å²) in [5, 5.41) is 14.3. The Balaban J connectivity index is 0.782. The minimum absolute atomic E-state index is 0.0730. The number of ketones is 1. The Kier molecular flexibility index (Phi) is 18.3. The monoisotopic (exact) mass is 986 g/mol. The Morgan fingerprint density at radius 1 is 0.829 bits per heavy atom. The summed E-state index contributed by atoms with van der Waals surface area (Å²) in [6.07, 6.45) is 3.13. The second-order valence-electron chi connectivity index (χ2n) is 16.9. The Bertz CT molecular complexity index is 2520. The number of nitrogens with zero attached hydrogens (tertiary/aromatic N) is 4. The number of alkyl halides is 3. The van der Waals surface area contributed by atoms with Crippen molar-refractivity contribution in [2.75, 3.05) is 58.5 Å². The number of aromatic nitrogens is 3. The largest absolute Gasteiger partial charge is 0.573 e. The number of ether oxygens (including phenoxy) is 4. The zero-order valence-corrected chi connectivity index (χ0v) is 39.8. The lowest BCUT2D eigenvalue weighted by Gasteiger charge is -2.35. The van der Waals surface area contributed by atoms with E-state index in [1.807, 2.05) is 4.90 Å². The summed E-state index contributed by atoms with van der Waals surface area (Å²) in [5.41, 5.74) is 2.86. The zero-order valence-electron chi connectivity index (χ0n) is 39.0. The smallest absolute Gasteiger partial charge is 0.491 e. The van der Waals surface area contributed by atoms with Crippen LogP contribution in [-0.2, 0) is 19.1 Å². The summed E-state index contributed by atoms with van der Waals surface area (Å²) < 4.78 is 58.4. The van der Waals surface area contributed by atoms with Gasteiger partial charge >= 0.3 is 6.36 Å². The Hall–Kier alpha value is -6.48. The van der Waals surface area contributed by atoms with Gasteiger partial charge in [0.05, 0.1) is 44.2 Å². The van der Waals surface area contributed by atoms with Gasteiger partial charge in [-0.05, 0) is 106 Å². The summed E-state index contributed by atoms with van der Waals surface area (Å²) in [6.45, 7) is 4.09. The second-order valence-corrected chi connectivity index (χ2v) is 17.8. The molecular formula is C50H57F3N8O8S. The van der Waals surface area contributed by atoms with Crippen LogP contribution in [0.1, 0.15) is 89.3 Å². The van der Waals surface area contributed by atoms with Gasteiger partial charge in [-0.15, -0.1) is 24.5 Å². The molecule has 4 N–H and O–H groups in total. The van der Waals surface area contributed by atoms with Crippen molar-refractivity contribution in [1.82, 2.24) is 35.8 Å². The molecular weight excluding hydrogens is 930 g/mol. The number of benzene rings is 3. The minimum atomic E-state index is -4.78. The lowest BCUT2D eigenvalue weighted by atomic mass is 9.83.